The fraction of sp³-hybridized carbons (Fsp3) is 1.00. The summed E-state index contributed by atoms with van der Waals surface area (Å²) in [6.07, 6.45) is 2.47. The van der Waals surface area contributed by atoms with Crippen LogP contribution in [0.4, 0.5) is 0 Å². The Morgan fingerprint density at radius 2 is 2.17 bits per heavy atom. The van der Waals surface area contributed by atoms with Crippen molar-refractivity contribution in [1.29, 1.82) is 0 Å². The zero-order valence-electron chi connectivity index (χ0n) is 8.56. The van der Waals surface area contributed by atoms with Gasteiger partial charge in [0.1, 0.15) is 0 Å². The Morgan fingerprint density at radius 3 is 2.58 bits per heavy atom. The van der Waals surface area contributed by atoms with Crippen molar-refractivity contribution in [2.75, 3.05) is 13.1 Å². The molecule has 72 valence electrons. The van der Waals surface area contributed by atoms with Gasteiger partial charge in [-0.05, 0) is 44.2 Å². The van der Waals surface area contributed by atoms with E-state index in [9.17, 15) is 0 Å². The highest BCUT2D eigenvalue weighted by Crippen LogP contribution is 2.50. The second-order valence-corrected chi connectivity index (χ2v) is 4.78. The van der Waals surface area contributed by atoms with Crippen LogP contribution < -0.4 is 11.1 Å². The molecule has 12 heavy (non-hydrogen) atoms. The molecular formula is C10H22N2. The van der Waals surface area contributed by atoms with E-state index in [1.165, 1.54) is 13.0 Å². The molecule has 0 radical (unpaired) electrons. The van der Waals surface area contributed by atoms with E-state index in [2.05, 4.69) is 26.1 Å². The summed E-state index contributed by atoms with van der Waals surface area (Å²) in [6.45, 7) is 8.86. The lowest BCUT2D eigenvalue weighted by Crippen LogP contribution is -2.30. The highest BCUT2D eigenvalue weighted by molar-refractivity contribution is 4.96. The summed E-state index contributed by atoms with van der Waals surface area (Å²) < 4.78 is 0. The van der Waals surface area contributed by atoms with Crippen LogP contribution in [0.25, 0.3) is 0 Å². The Labute approximate surface area is 75.9 Å². The highest BCUT2D eigenvalue weighted by Gasteiger charge is 2.44. The molecule has 1 rings (SSSR count). The topological polar surface area (TPSA) is 38.0 Å². The van der Waals surface area contributed by atoms with Crippen LogP contribution in [0, 0.1) is 11.3 Å². The van der Waals surface area contributed by atoms with Gasteiger partial charge in [-0.3, -0.25) is 0 Å². The molecule has 2 atom stereocenters. The molecular weight excluding hydrogens is 148 g/mol. The van der Waals surface area contributed by atoms with E-state index in [4.69, 9.17) is 5.73 Å². The monoisotopic (exact) mass is 170 g/mol. The lowest BCUT2D eigenvalue weighted by atomic mass is 10.1. The smallest absolute Gasteiger partial charge is 0.00508 e. The van der Waals surface area contributed by atoms with Gasteiger partial charge < -0.3 is 11.1 Å². The summed E-state index contributed by atoms with van der Waals surface area (Å²) in [5.74, 6) is 0.901. The molecule has 0 aromatic carbocycles. The third kappa shape index (κ3) is 2.76. The van der Waals surface area contributed by atoms with Crippen LogP contribution in [0.1, 0.15) is 33.6 Å². The summed E-state index contributed by atoms with van der Waals surface area (Å²) in [5, 5.41) is 3.52. The maximum atomic E-state index is 5.46. The first-order chi connectivity index (χ1) is 5.56. The maximum absolute atomic E-state index is 5.46. The Balaban J connectivity index is 2.03. The molecule has 0 spiro atoms. The Morgan fingerprint density at radius 1 is 1.58 bits per heavy atom. The van der Waals surface area contributed by atoms with E-state index in [0.717, 1.165) is 18.9 Å². The summed E-state index contributed by atoms with van der Waals surface area (Å²) in [7, 11) is 0. The van der Waals surface area contributed by atoms with Crippen molar-refractivity contribution in [1.82, 2.24) is 5.32 Å². The lowest BCUT2D eigenvalue weighted by molar-refractivity contribution is 0.463. The van der Waals surface area contributed by atoms with Crippen LogP contribution in [0.5, 0.6) is 0 Å². The van der Waals surface area contributed by atoms with Gasteiger partial charge in [-0.2, -0.15) is 0 Å². The molecule has 1 saturated carbocycles. The molecule has 3 N–H and O–H groups in total. The Bertz CT molecular complexity index is 143. The quantitative estimate of drug-likeness (QED) is 0.654. The Kier molecular flexibility index (Phi) is 3.13. The first-order valence-corrected chi connectivity index (χ1v) is 4.99. The van der Waals surface area contributed by atoms with Crippen molar-refractivity contribution >= 4 is 0 Å². The van der Waals surface area contributed by atoms with Gasteiger partial charge in [-0.1, -0.05) is 13.8 Å². The summed E-state index contributed by atoms with van der Waals surface area (Å²) >= 11 is 0. The minimum absolute atomic E-state index is 0.589. The maximum Gasteiger partial charge on any atom is 0.00508 e. The minimum Gasteiger partial charge on any atom is -0.330 e. The zero-order chi connectivity index (χ0) is 9.19. The third-order valence-corrected chi connectivity index (χ3v) is 3.03. The fourth-order valence-electron chi connectivity index (χ4n) is 1.62. The molecule has 2 nitrogen and oxygen atoms in total. The van der Waals surface area contributed by atoms with E-state index in [1.807, 2.05) is 0 Å². The predicted molar refractivity (Wildman–Crippen MR) is 53.0 cm³/mol. The molecule has 0 amide bonds. The normalized spacial score (nSPS) is 28.5. The van der Waals surface area contributed by atoms with E-state index in [0.29, 0.717) is 11.5 Å². The van der Waals surface area contributed by atoms with Gasteiger partial charge in [0, 0.05) is 6.04 Å². The van der Waals surface area contributed by atoms with Crippen molar-refractivity contribution in [3.63, 3.8) is 0 Å². The third-order valence-electron chi connectivity index (χ3n) is 3.03. The van der Waals surface area contributed by atoms with E-state index in [1.54, 1.807) is 0 Å². The van der Waals surface area contributed by atoms with Crippen LogP contribution in [0.3, 0.4) is 0 Å². The summed E-state index contributed by atoms with van der Waals surface area (Å²) in [4.78, 5) is 0. The number of hydrogen-bond donors (Lipinski definition) is 2. The van der Waals surface area contributed by atoms with Crippen LogP contribution in [0.15, 0.2) is 0 Å². The van der Waals surface area contributed by atoms with Crippen LogP contribution >= 0.6 is 0 Å². The molecule has 0 bridgehead atoms. The van der Waals surface area contributed by atoms with Gasteiger partial charge in [-0.15, -0.1) is 0 Å². The SMILES string of the molecule is CC(CCN)NCC1CC1(C)C. The summed E-state index contributed by atoms with van der Waals surface area (Å²) in [6, 6.07) is 0.589. The average Bonchev–Trinajstić information content (AvgIpc) is 2.56. The number of nitrogens with two attached hydrogens (primary N) is 1. The first-order valence-electron chi connectivity index (χ1n) is 4.99. The molecule has 2 heteroatoms. The van der Waals surface area contributed by atoms with Gasteiger partial charge in [0.25, 0.3) is 0 Å². The molecule has 1 aliphatic rings. The van der Waals surface area contributed by atoms with Crippen LogP contribution in [-0.4, -0.2) is 19.1 Å². The van der Waals surface area contributed by atoms with E-state index < -0.39 is 0 Å². The van der Waals surface area contributed by atoms with Crippen molar-refractivity contribution < 1.29 is 0 Å². The predicted octanol–water partition coefficient (Wildman–Crippen LogP) is 1.36. The second-order valence-electron chi connectivity index (χ2n) is 4.78. The molecule has 0 aliphatic heterocycles. The van der Waals surface area contributed by atoms with Crippen molar-refractivity contribution in [2.45, 2.75) is 39.7 Å². The highest BCUT2D eigenvalue weighted by atomic mass is 14.9. The Hall–Kier alpha value is -0.0800. The van der Waals surface area contributed by atoms with E-state index >= 15 is 0 Å². The molecule has 1 aliphatic carbocycles. The largest absolute Gasteiger partial charge is 0.330 e. The fourth-order valence-corrected chi connectivity index (χ4v) is 1.62. The van der Waals surface area contributed by atoms with Gasteiger partial charge in [0.2, 0.25) is 0 Å². The van der Waals surface area contributed by atoms with Crippen LogP contribution in [-0.2, 0) is 0 Å². The van der Waals surface area contributed by atoms with Crippen molar-refractivity contribution in [2.24, 2.45) is 17.1 Å². The average molecular weight is 170 g/mol. The lowest BCUT2D eigenvalue weighted by Gasteiger charge is -2.12. The minimum atomic E-state index is 0.589. The van der Waals surface area contributed by atoms with Crippen LogP contribution in [0.2, 0.25) is 0 Å². The first kappa shape index (κ1) is 10.0. The summed E-state index contributed by atoms with van der Waals surface area (Å²) in [5.41, 5.74) is 6.07. The molecule has 0 aromatic rings. The molecule has 0 saturated heterocycles. The van der Waals surface area contributed by atoms with E-state index in [-0.39, 0.29) is 0 Å². The zero-order valence-corrected chi connectivity index (χ0v) is 8.56. The molecule has 0 heterocycles. The molecule has 1 fully saturated rings. The number of nitrogens with one attached hydrogen (secondary N) is 1. The van der Waals surface area contributed by atoms with Gasteiger partial charge in [0.05, 0.1) is 0 Å². The molecule has 2 unspecified atom stereocenters. The second kappa shape index (κ2) is 3.75. The van der Waals surface area contributed by atoms with Gasteiger partial charge in [0.15, 0.2) is 0 Å². The van der Waals surface area contributed by atoms with Gasteiger partial charge in [-0.25, -0.2) is 0 Å². The number of rotatable bonds is 5. The number of hydrogen-bond acceptors (Lipinski definition) is 2. The van der Waals surface area contributed by atoms with Crippen molar-refractivity contribution in [3.05, 3.63) is 0 Å². The van der Waals surface area contributed by atoms with Gasteiger partial charge >= 0.3 is 0 Å². The molecule has 0 aromatic heterocycles. The van der Waals surface area contributed by atoms with Crippen molar-refractivity contribution in [3.8, 4) is 0 Å². The standard InChI is InChI=1S/C10H22N2/c1-8(4-5-11)12-7-9-6-10(9,2)3/h8-9,12H,4-7,11H2,1-3H3.